The quantitative estimate of drug-likeness (QED) is 0.487. The van der Waals surface area contributed by atoms with Gasteiger partial charge in [0.25, 0.3) is 0 Å². The van der Waals surface area contributed by atoms with Gasteiger partial charge in [-0.2, -0.15) is 4.37 Å². The number of anilines is 2. The topological polar surface area (TPSA) is 100 Å². The van der Waals surface area contributed by atoms with E-state index in [2.05, 4.69) is 19.7 Å². The number of carbonyl (C=O) groups excluding carboxylic acids is 1. The van der Waals surface area contributed by atoms with Gasteiger partial charge >= 0.3 is 0 Å². The van der Waals surface area contributed by atoms with Crippen molar-refractivity contribution >= 4 is 49.1 Å². The second kappa shape index (κ2) is 8.68. The lowest BCUT2D eigenvalue weighted by molar-refractivity contribution is -0.114. The minimum absolute atomic E-state index is 0.164. The zero-order valence-electron chi connectivity index (χ0n) is 15.7. The molecule has 0 saturated carbocycles. The predicted molar refractivity (Wildman–Crippen MR) is 113 cm³/mol. The van der Waals surface area contributed by atoms with Crippen LogP contribution in [0.5, 0.6) is 0 Å². The molecule has 3 N–H and O–H groups in total. The molecule has 1 heterocycles. The summed E-state index contributed by atoms with van der Waals surface area (Å²) in [5, 5.41) is 6.92. The Morgan fingerprint density at radius 1 is 1.14 bits per heavy atom. The molecule has 1 amide bonds. The van der Waals surface area contributed by atoms with Gasteiger partial charge in [-0.3, -0.25) is 4.79 Å². The third-order valence-electron chi connectivity index (χ3n) is 4.11. The van der Waals surface area contributed by atoms with Crippen LogP contribution in [0.15, 0.2) is 47.4 Å². The molecule has 0 aliphatic rings. The van der Waals surface area contributed by atoms with Crippen molar-refractivity contribution in [1.82, 2.24) is 9.10 Å². The van der Waals surface area contributed by atoms with Crippen LogP contribution < -0.4 is 15.4 Å². The summed E-state index contributed by atoms with van der Waals surface area (Å²) in [5.74, 6) is 0.572. The summed E-state index contributed by atoms with van der Waals surface area (Å²) < 4.78 is 33.3. The van der Waals surface area contributed by atoms with Crippen LogP contribution in [0, 0.1) is 6.92 Å². The fourth-order valence-electron chi connectivity index (χ4n) is 2.76. The molecule has 28 heavy (non-hydrogen) atoms. The Morgan fingerprint density at radius 2 is 1.93 bits per heavy atom. The van der Waals surface area contributed by atoms with Gasteiger partial charge in [-0.1, -0.05) is 18.2 Å². The standard InChI is InChI=1S/C19H22N4O3S2/c1-13-8-9-15(22-14(2)24)12-18(13)28(25,26)21-11-5-10-20-19-16-6-3-4-7-17(16)27-23-19/h3-4,6-9,12,21H,5,10-11H2,1-2H3,(H,20,23)(H,22,24). The van der Waals surface area contributed by atoms with E-state index in [4.69, 9.17) is 0 Å². The molecule has 0 spiro atoms. The van der Waals surface area contributed by atoms with E-state index in [-0.39, 0.29) is 10.8 Å². The summed E-state index contributed by atoms with van der Waals surface area (Å²) >= 11 is 1.43. The summed E-state index contributed by atoms with van der Waals surface area (Å²) in [4.78, 5) is 11.4. The highest BCUT2D eigenvalue weighted by Crippen LogP contribution is 2.26. The number of benzene rings is 2. The Morgan fingerprint density at radius 3 is 2.71 bits per heavy atom. The minimum Gasteiger partial charge on any atom is -0.369 e. The van der Waals surface area contributed by atoms with Gasteiger partial charge in [-0.15, -0.1) is 0 Å². The Hall–Kier alpha value is -2.49. The highest BCUT2D eigenvalue weighted by atomic mass is 32.2. The molecule has 0 saturated heterocycles. The maximum Gasteiger partial charge on any atom is 0.240 e. The zero-order valence-corrected chi connectivity index (χ0v) is 17.3. The van der Waals surface area contributed by atoms with Gasteiger partial charge in [-0.25, -0.2) is 13.1 Å². The molecule has 0 radical (unpaired) electrons. The van der Waals surface area contributed by atoms with Gasteiger partial charge in [0.05, 0.1) is 9.60 Å². The first-order valence-corrected chi connectivity index (χ1v) is 11.1. The summed E-state index contributed by atoms with van der Waals surface area (Å²) in [6.45, 7) is 3.99. The summed E-state index contributed by atoms with van der Waals surface area (Å²) in [5.41, 5.74) is 1.07. The fraction of sp³-hybridized carbons (Fsp3) is 0.263. The maximum absolute atomic E-state index is 12.6. The van der Waals surface area contributed by atoms with Crippen LogP contribution in [0.3, 0.4) is 0 Å². The first-order chi connectivity index (χ1) is 13.4. The highest BCUT2D eigenvalue weighted by molar-refractivity contribution is 7.89. The Labute approximate surface area is 168 Å². The molecule has 2 aromatic carbocycles. The van der Waals surface area contributed by atoms with E-state index in [1.165, 1.54) is 24.5 Å². The molecule has 0 fully saturated rings. The van der Waals surface area contributed by atoms with Crippen LogP contribution >= 0.6 is 11.5 Å². The van der Waals surface area contributed by atoms with Crippen LogP contribution in [-0.4, -0.2) is 31.8 Å². The van der Waals surface area contributed by atoms with Crippen LogP contribution in [0.1, 0.15) is 18.9 Å². The second-order valence-corrected chi connectivity index (χ2v) is 8.91. The minimum atomic E-state index is -3.66. The predicted octanol–water partition coefficient (Wildman–Crippen LogP) is 3.34. The summed E-state index contributed by atoms with van der Waals surface area (Å²) in [6.07, 6.45) is 0.607. The number of sulfonamides is 1. The lowest BCUT2D eigenvalue weighted by Crippen LogP contribution is -2.27. The van der Waals surface area contributed by atoms with Crippen LogP contribution in [0.4, 0.5) is 11.5 Å². The third-order valence-corrected chi connectivity index (χ3v) is 6.54. The van der Waals surface area contributed by atoms with Gasteiger partial charge in [0.1, 0.15) is 5.82 Å². The van der Waals surface area contributed by atoms with E-state index in [0.717, 1.165) is 15.9 Å². The Kier molecular flexibility index (Phi) is 6.28. The molecule has 3 rings (SSSR count). The number of nitrogens with one attached hydrogen (secondary N) is 3. The monoisotopic (exact) mass is 418 g/mol. The van der Waals surface area contributed by atoms with E-state index < -0.39 is 10.0 Å². The van der Waals surface area contributed by atoms with Gasteiger partial charge in [0, 0.05) is 31.1 Å². The molecule has 0 aliphatic carbocycles. The number of nitrogens with zero attached hydrogens (tertiary/aromatic N) is 1. The number of amides is 1. The largest absolute Gasteiger partial charge is 0.369 e. The SMILES string of the molecule is CC(=O)Nc1ccc(C)c(S(=O)(=O)NCCCNc2nsc3ccccc23)c1. The van der Waals surface area contributed by atoms with Crippen LogP contribution in [0.2, 0.25) is 0 Å². The van der Waals surface area contributed by atoms with E-state index in [1.807, 2.05) is 24.3 Å². The lowest BCUT2D eigenvalue weighted by atomic mass is 10.2. The van der Waals surface area contributed by atoms with Crippen LogP contribution in [-0.2, 0) is 14.8 Å². The number of hydrogen-bond donors (Lipinski definition) is 3. The molecule has 3 aromatic rings. The van der Waals surface area contributed by atoms with E-state index in [1.54, 1.807) is 19.1 Å². The van der Waals surface area contributed by atoms with Crippen molar-refractivity contribution in [2.24, 2.45) is 0 Å². The van der Waals surface area contributed by atoms with Crippen molar-refractivity contribution in [2.75, 3.05) is 23.7 Å². The summed E-state index contributed by atoms with van der Waals surface area (Å²) in [7, 11) is -3.66. The molecule has 7 nitrogen and oxygen atoms in total. The maximum atomic E-state index is 12.6. The van der Waals surface area contributed by atoms with E-state index in [9.17, 15) is 13.2 Å². The van der Waals surface area contributed by atoms with Crippen LogP contribution in [0.25, 0.3) is 10.1 Å². The van der Waals surface area contributed by atoms with Crippen molar-refractivity contribution in [3.63, 3.8) is 0 Å². The van der Waals surface area contributed by atoms with E-state index in [0.29, 0.717) is 30.8 Å². The number of carbonyl (C=O) groups is 1. The zero-order chi connectivity index (χ0) is 20.1. The van der Waals surface area contributed by atoms with Gasteiger partial charge < -0.3 is 10.6 Å². The van der Waals surface area contributed by atoms with Crippen molar-refractivity contribution < 1.29 is 13.2 Å². The molecule has 1 aromatic heterocycles. The van der Waals surface area contributed by atoms with Crippen molar-refractivity contribution in [3.05, 3.63) is 48.0 Å². The van der Waals surface area contributed by atoms with Gasteiger partial charge in [0.15, 0.2) is 0 Å². The third kappa shape index (κ3) is 4.86. The molecule has 148 valence electrons. The number of aryl methyl sites for hydroxylation is 1. The Balaban J connectivity index is 1.56. The van der Waals surface area contributed by atoms with E-state index >= 15 is 0 Å². The first kappa shape index (κ1) is 20.2. The average molecular weight is 419 g/mol. The summed E-state index contributed by atoms with van der Waals surface area (Å²) in [6, 6.07) is 12.8. The first-order valence-electron chi connectivity index (χ1n) is 8.83. The second-order valence-electron chi connectivity index (χ2n) is 6.37. The average Bonchev–Trinajstić information content (AvgIpc) is 3.06. The Bertz CT molecular complexity index is 1090. The van der Waals surface area contributed by atoms with Gasteiger partial charge in [0.2, 0.25) is 15.9 Å². The normalized spacial score (nSPS) is 11.5. The molecule has 0 bridgehead atoms. The number of fused-ring (bicyclic) bond motifs is 1. The number of hydrogen-bond acceptors (Lipinski definition) is 6. The molecule has 0 unspecified atom stereocenters. The van der Waals surface area contributed by atoms with Crippen molar-refractivity contribution in [1.29, 1.82) is 0 Å². The molecular weight excluding hydrogens is 396 g/mol. The molecule has 9 heteroatoms. The molecular formula is C19H22N4O3S2. The highest BCUT2D eigenvalue weighted by Gasteiger charge is 2.17. The molecule has 0 atom stereocenters. The number of rotatable bonds is 8. The number of aromatic nitrogens is 1. The van der Waals surface area contributed by atoms with Crippen molar-refractivity contribution in [2.45, 2.75) is 25.2 Å². The lowest BCUT2D eigenvalue weighted by Gasteiger charge is -2.11. The molecule has 0 aliphatic heterocycles. The fourth-order valence-corrected chi connectivity index (χ4v) is 4.86. The van der Waals surface area contributed by atoms with Crippen molar-refractivity contribution in [3.8, 4) is 0 Å². The van der Waals surface area contributed by atoms with Gasteiger partial charge in [-0.05, 0) is 54.7 Å². The smallest absolute Gasteiger partial charge is 0.240 e.